The monoisotopic (exact) mass is 299 g/mol. The van der Waals surface area contributed by atoms with Gasteiger partial charge in [0.25, 0.3) is 0 Å². The van der Waals surface area contributed by atoms with Gasteiger partial charge in [-0.1, -0.05) is 0 Å². The van der Waals surface area contributed by atoms with Crippen LogP contribution in [0.5, 0.6) is 0 Å². The molecule has 1 aromatic rings. The van der Waals surface area contributed by atoms with Crippen LogP contribution in [0.3, 0.4) is 0 Å². The molecule has 0 aliphatic carbocycles. The number of ketones is 1. The van der Waals surface area contributed by atoms with E-state index in [4.69, 9.17) is 5.26 Å². The molecule has 0 fully saturated rings. The number of aldehydes is 1. The van der Waals surface area contributed by atoms with Crippen molar-refractivity contribution in [2.24, 2.45) is 0 Å². The zero-order valence-corrected chi connectivity index (χ0v) is 9.53. The number of hydrogen-bond acceptors (Lipinski definition) is 3. The van der Waals surface area contributed by atoms with E-state index in [1.807, 2.05) is 28.7 Å². The molecule has 14 heavy (non-hydrogen) atoms. The van der Waals surface area contributed by atoms with Gasteiger partial charge in [0.05, 0.1) is 5.56 Å². The SMILES string of the molecule is CC(=O)c1cc(C#N)c(I)c(C=O)c1. The molecule has 70 valence electrons. The maximum Gasteiger partial charge on any atom is 0.159 e. The van der Waals surface area contributed by atoms with E-state index in [0.29, 0.717) is 26.5 Å². The van der Waals surface area contributed by atoms with E-state index in [2.05, 4.69) is 0 Å². The lowest BCUT2D eigenvalue weighted by molar-refractivity contribution is 0.101. The van der Waals surface area contributed by atoms with E-state index in [-0.39, 0.29) is 5.78 Å². The summed E-state index contributed by atoms with van der Waals surface area (Å²) in [5.41, 5.74) is 1.14. The van der Waals surface area contributed by atoms with E-state index >= 15 is 0 Å². The van der Waals surface area contributed by atoms with Crippen LogP contribution in [0.4, 0.5) is 0 Å². The second-order valence-electron chi connectivity index (χ2n) is 2.71. The van der Waals surface area contributed by atoms with E-state index in [9.17, 15) is 9.59 Å². The van der Waals surface area contributed by atoms with Crippen molar-refractivity contribution >= 4 is 34.7 Å². The first kappa shape index (κ1) is 10.9. The van der Waals surface area contributed by atoms with Crippen molar-refractivity contribution in [3.63, 3.8) is 0 Å². The standard InChI is InChI=1S/C10H6INO2/c1-6(14)7-2-8(4-12)10(11)9(3-7)5-13/h2-3,5H,1H3. The molecule has 0 saturated heterocycles. The summed E-state index contributed by atoms with van der Waals surface area (Å²) in [5.74, 6) is -0.152. The normalized spacial score (nSPS) is 9.21. The predicted octanol–water partition coefficient (Wildman–Crippen LogP) is 2.18. The van der Waals surface area contributed by atoms with E-state index in [1.54, 1.807) is 0 Å². The fourth-order valence-corrected chi connectivity index (χ4v) is 1.58. The Balaban J connectivity index is 3.49. The molecule has 0 radical (unpaired) electrons. The quantitative estimate of drug-likeness (QED) is 0.478. The number of benzene rings is 1. The fourth-order valence-electron chi connectivity index (χ4n) is 1.02. The van der Waals surface area contributed by atoms with E-state index in [1.165, 1.54) is 19.1 Å². The number of carbonyl (C=O) groups excluding carboxylic acids is 2. The molecular weight excluding hydrogens is 293 g/mol. The first-order valence-electron chi connectivity index (χ1n) is 3.80. The van der Waals surface area contributed by atoms with Crippen LogP contribution in [-0.2, 0) is 0 Å². The Morgan fingerprint density at radius 2 is 2.21 bits per heavy atom. The molecule has 0 saturated carbocycles. The van der Waals surface area contributed by atoms with E-state index in [0.717, 1.165) is 0 Å². The summed E-state index contributed by atoms with van der Waals surface area (Å²) in [6.07, 6.45) is 0.648. The number of carbonyl (C=O) groups is 2. The molecule has 0 aromatic heterocycles. The minimum Gasteiger partial charge on any atom is -0.298 e. The third-order valence-electron chi connectivity index (χ3n) is 1.75. The maximum atomic E-state index is 11.1. The second-order valence-corrected chi connectivity index (χ2v) is 3.79. The van der Waals surface area contributed by atoms with Crippen LogP contribution in [0.15, 0.2) is 12.1 Å². The fraction of sp³-hybridized carbons (Fsp3) is 0.100. The Morgan fingerprint density at radius 3 is 2.64 bits per heavy atom. The van der Waals surface area contributed by atoms with Crippen molar-refractivity contribution in [1.82, 2.24) is 0 Å². The van der Waals surface area contributed by atoms with Gasteiger partial charge in [-0.15, -0.1) is 0 Å². The lowest BCUT2D eigenvalue weighted by atomic mass is 10.0. The van der Waals surface area contributed by atoms with Crippen molar-refractivity contribution in [2.45, 2.75) is 6.92 Å². The predicted molar refractivity (Wildman–Crippen MR) is 59.3 cm³/mol. The Kier molecular flexibility index (Phi) is 3.36. The number of halogens is 1. The van der Waals surface area contributed by atoms with Crippen molar-refractivity contribution in [2.75, 3.05) is 0 Å². The summed E-state index contributed by atoms with van der Waals surface area (Å²) in [4.78, 5) is 21.7. The van der Waals surface area contributed by atoms with Crippen LogP contribution < -0.4 is 0 Å². The summed E-state index contributed by atoms with van der Waals surface area (Å²) in [5, 5.41) is 8.76. The van der Waals surface area contributed by atoms with Gasteiger partial charge in [0.15, 0.2) is 12.1 Å². The van der Waals surface area contributed by atoms with Gasteiger partial charge in [-0.05, 0) is 41.6 Å². The Bertz CT molecular complexity index is 446. The average molecular weight is 299 g/mol. The molecule has 0 amide bonds. The zero-order valence-electron chi connectivity index (χ0n) is 7.37. The van der Waals surface area contributed by atoms with E-state index < -0.39 is 0 Å². The lowest BCUT2D eigenvalue weighted by Crippen LogP contribution is -1.99. The summed E-state index contributed by atoms with van der Waals surface area (Å²) in [6, 6.07) is 4.94. The highest BCUT2D eigenvalue weighted by Crippen LogP contribution is 2.18. The Labute approximate surface area is 94.9 Å². The molecule has 0 atom stereocenters. The topological polar surface area (TPSA) is 57.9 Å². The third-order valence-corrected chi connectivity index (χ3v) is 2.96. The van der Waals surface area contributed by atoms with Gasteiger partial charge in [-0.3, -0.25) is 9.59 Å². The molecule has 0 heterocycles. The summed E-state index contributed by atoms with van der Waals surface area (Å²) >= 11 is 1.92. The number of hydrogen-bond donors (Lipinski definition) is 0. The molecule has 0 aliphatic heterocycles. The molecule has 3 nitrogen and oxygen atoms in total. The molecule has 0 unspecified atom stereocenters. The van der Waals surface area contributed by atoms with Crippen LogP contribution in [0, 0.1) is 14.9 Å². The van der Waals surface area contributed by atoms with Gasteiger partial charge in [0.2, 0.25) is 0 Å². The molecule has 1 aromatic carbocycles. The highest BCUT2D eigenvalue weighted by atomic mass is 127. The number of rotatable bonds is 2. The minimum atomic E-state index is -0.152. The average Bonchev–Trinajstić information content (AvgIpc) is 2.17. The van der Waals surface area contributed by atoms with Crippen molar-refractivity contribution < 1.29 is 9.59 Å². The van der Waals surface area contributed by atoms with Crippen LogP contribution in [0.2, 0.25) is 0 Å². The van der Waals surface area contributed by atoms with Crippen LogP contribution >= 0.6 is 22.6 Å². The summed E-state index contributed by atoms with van der Waals surface area (Å²) < 4.78 is 0.588. The first-order valence-corrected chi connectivity index (χ1v) is 4.87. The molecular formula is C10H6INO2. The smallest absolute Gasteiger partial charge is 0.159 e. The summed E-state index contributed by atoms with van der Waals surface area (Å²) in [7, 11) is 0. The zero-order chi connectivity index (χ0) is 10.7. The third kappa shape index (κ3) is 1.99. The molecule has 0 bridgehead atoms. The van der Waals surface area contributed by atoms with Gasteiger partial charge >= 0.3 is 0 Å². The van der Waals surface area contributed by atoms with Gasteiger partial charge in [0.1, 0.15) is 6.07 Å². The van der Waals surface area contributed by atoms with Gasteiger partial charge < -0.3 is 0 Å². The summed E-state index contributed by atoms with van der Waals surface area (Å²) in [6.45, 7) is 1.40. The van der Waals surface area contributed by atoms with Crippen molar-refractivity contribution in [3.05, 3.63) is 32.4 Å². The number of nitrogens with zero attached hydrogens (tertiary/aromatic N) is 1. The molecule has 4 heteroatoms. The minimum absolute atomic E-state index is 0.152. The number of nitriles is 1. The van der Waals surface area contributed by atoms with Gasteiger partial charge in [-0.2, -0.15) is 5.26 Å². The van der Waals surface area contributed by atoms with Gasteiger partial charge in [-0.25, -0.2) is 0 Å². The molecule has 0 aliphatic rings. The highest BCUT2D eigenvalue weighted by Gasteiger charge is 2.09. The van der Waals surface area contributed by atoms with Crippen LogP contribution in [-0.4, -0.2) is 12.1 Å². The van der Waals surface area contributed by atoms with Crippen LogP contribution in [0.1, 0.15) is 33.2 Å². The highest BCUT2D eigenvalue weighted by molar-refractivity contribution is 14.1. The lowest BCUT2D eigenvalue weighted by Gasteiger charge is -2.02. The second kappa shape index (κ2) is 4.33. The Hall–Kier alpha value is -1.22. The molecule has 1 rings (SSSR count). The molecule has 0 spiro atoms. The van der Waals surface area contributed by atoms with Crippen molar-refractivity contribution in [3.8, 4) is 6.07 Å². The van der Waals surface area contributed by atoms with Crippen LogP contribution in [0.25, 0.3) is 0 Å². The van der Waals surface area contributed by atoms with Gasteiger partial charge in [0, 0.05) is 14.7 Å². The largest absolute Gasteiger partial charge is 0.298 e. The number of Topliss-reactive ketones (excluding diaryl/α,β-unsaturated/α-hetero) is 1. The Morgan fingerprint density at radius 1 is 1.57 bits per heavy atom. The first-order chi connectivity index (χ1) is 6.60. The maximum absolute atomic E-state index is 11.1. The van der Waals surface area contributed by atoms with Crippen molar-refractivity contribution in [1.29, 1.82) is 5.26 Å². The molecule has 0 N–H and O–H groups in total.